The number of hydrogen-bond acceptors (Lipinski definition) is 6. The maximum Gasteiger partial charge on any atom is 0.252 e. The molecule has 41 heavy (non-hydrogen) atoms. The molecule has 3 aromatic carbocycles. The number of aliphatic hydroxyl groups is 1. The highest BCUT2D eigenvalue weighted by Gasteiger charge is 2.53. The zero-order chi connectivity index (χ0) is 29.5. The number of benzene rings is 3. The third-order valence-electron chi connectivity index (χ3n) is 7.00. The van der Waals surface area contributed by atoms with Crippen molar-refractivity contribution in [1.29, 1.82) is 0 Å². The number of ether oxygens (including phenoxy) is 3. The lowest BCUT2D eigenvalue weighted by Crippen LogP contribution is -2.50. The molecule has 2 N–H and O–H groups in total. The van der Waals surface area contributed by atoms with Crippen LogP contribution < -0.4 is 14.8 Å². The van der Waals surface area contributed by atoms with Gasteiger partial charge in [-0.05, 0) is 65.4 Å². The van der Waals surface area contributed by atoms with Crippen LogP contribution >= 0.6 is 15.9 Å². The number of nitrogens with zero attached hydrogens (tertiary/aromatic N) is 1. The van der Waals surface area contributed by atoms with Crippen molar-refractivity contribution in [2.75, 3.05) is 26.9 Å². The maximum atomic E-state index is 14.3. The van der Waals surface area contributed by atoms with Gasteiger partial charge in [-0.15, -0.1) is 0 Å². The summed E-state index contributed by atoms with van der Waals surface area (Å²) in [5.41, 5.74) is 1.28. The number of carbonyl (C=O) groups is 1. The molecule has 3 aromatic rings. The molecule has 2 atom stereocenters. The van der Waals surface area contributed by atoms with E-state index in [0.29, 0.717) is 43.4 Å². The Labute approximate surface area is 251 Å². The summed E-state index contributed by atoms with van der Waals surface area (Å²) < 4.78 is 18.7. The molecule has 1 aliphatic heterocycles. The van der Waals surface area contributed by atoms with Gasteiger partial charge in [0, 0.05) is 36.0 Å². The van der Waals surface area contributed by atoms with Crippen LogP contribution in [0.3, 0.4) is 0 Å². The second-order valence-corrected chi connectivity index (χ2v) is 12.3. The number of aliphatic imine (C=N–C) groups is 1. The van der Waals surface area contributed by atoms with Gasteiger partial charge in [-0.1, -0.05) is 67.0 Å². The molecule has 1 amide bonds. The summed E-state index contributed by atoms with van der Waals surface area (Å²) in [5.74, 6) is 1.55. The van der Waals surface area contributed by atoms with Crippen molar-refractivity contribution in [2.45, 2.75) is 51.7 Å². The third-order valence-corrected chi connectivity index (χ3v) is 7.78. The van der Waals surface area contributed by atoms with Gasteiger partial charge in [0.05, 0.1) is 13.7 Å². The minimum absolute atomic E-state index is 0.0662. The van der Waals surface area contributed by atoms with E-state index in [1.54, 1.807) is 7.11 Å². The normalized spacial score (nSPS) is 18.4. The average Bonchev–Trinajstić information content (AvgIpc) is 3.34. The van der Waals surface area contributed by atoms with Crippen LogP contribution in [0.25, 0.3) is 0 Å². The van der Waals surface area contributed by atoms with Crippen LogP contribution in [0.15, 0.2) is 82.3 Å². The summed E-state index contributed by atoms with van der Waals surface area (Å²) in [6.45, 7) is 7.49. The summed E-state index contributed by atoms with van der Waals surface area (Å²) in [6.07, 6.45) is 1.00. The maximum absolute atomic E-state index is 14.3. The molecule has 0 spiro atoms. The highest BCUT2D eigenvalue weighted by molar-refractivity contribution is 9.10. The first-order valence-electron chi connectivity index (χ1n) is 13.9. The minimum atomic E-state index is -1.28. The van der Waals surface area contributed by atoms with Crippen LogP contribution in [0.4, 0.5) is 0 Å². The molecule has 8 heteroatoms. The van der Waals surface area contributed by atoms with Crippen LogP contribution in [0.5, 0.6) is 11.5 Å². The number of carbonyl (C=O) groups excluding carboxylic acids is 1. The number of hydrogen-bond donors (Lipinski definition) is 2. The largest absolute Gasteiger partial charge is 0.497 e. The standard InChI is InChI=1S/C33H39BrN2O5/c1-32(2,3)17-18-35-31(38)33(22-25-9-5-6-12-28(25)34)29(24-10-7-11-27(21-24)39-4)41-30(36-33)23-13-15-26(16-14-23)40-20-8-19-37/h5-7,9-16,21,29,37H,8,17-20,22H2,1-4H3,(H,35,38)/t29-,33-/m1/s1. The van der Waals surface area contributed by atoms with E-state index in [2.05, 4.69) is 42.0 Å². The molecular formula is C33H39BrN2O5. The minimum Gasteiger partial charge on any atom is -0.497 e. The number of methoxy groups -OCH3 is 1. The Morgan fingerprint density at radius 2 is 1.83 bits per heavy atom. The monoisotopic (exact) mass is 622 g/mol. The summed E-state index contributed by atoms with van der Waals surface area (Å²) in [6, 6.07) is 22.9. The lowest BCUT2D eigenvalue weighted by Gasteiger charge is -2.31. The van der Waals surface area contributed by atoms with E-state index < -0.39 is 11.6 Å². The first-order valence-corrected chi connectivity index (χ1v) is 14.7. The molecule has 4 rings (SSSR count). The Morgan fingerprint density at radius 3 is 2.51 bits per heavy atom. The molecule has 1 aliphatic rings. The highest BCUT2D eigenvalue weighted by Crippen LogP contribution is 2.44. The molecule has 0 saturated heterocycles. The quantitative estimate of drug-likeness (QED) is 0.232. The highest BCUT2D eigenvalue weighted by atomic mass is 79.9. The van der Waals surface area contributed by atoms with E-state index in [0.717, 1.165) is 27.6 Å². The fraction of sp³-hybridized carbons (Fsp3) is 0.394. The molecule has 0 radical (unpaired) electrons. The van der Waals surface area contributed by atoms with Crippen LogP contribution in [0.2, 0.25) is 0 Å². The molecule has 0 saturated carbocycles. The van der Waals surface area contributed by atoms with E-state index in [-0.39, 0.29) is 17.9 Å². The van der Waals surface area contributed by atoms with Gasteiger partial charge in [0.15, 0.2) is 11.6 Å². The van der Waals surface area contributed by atoms with Gasteiger partial charge < -0.3 is 24.6 Å². The molecule has 0 fully saturated rings. The van der Waals surface area contributed by atoms with Crippen molar-refractivity contribution in [3.05, 3.63) is 94.0 Å². The van der Waals surface area contributed by atoms with Gasteiger partial charge in [-0.3, -0.25) is 4.79 Å². The predicted molar refractivity (Wildman–Crippen MR) is 165 cm³/mol. The average molecular weight is 624 g/mol. The lowest BCUT2D eigenvalue weighted by molar-refractivity contribution is -0.129. The molecule has 218 valence electrons. The van der Waals surface area contributed by atoms with Crippen molar-refractivity contribution in [1.82, 2.24) is 5.32 Å². The van der Waals surface area contributed by atoms with Gasteiger partial charge in [0.1, 0.15) is 11.5 Å². The van der Waals surface area contributed by atoms with Crippen molar-refractivity contribution >= 4 is 27.7 Å². The van der Waals surface area contributed by atoms with Crippen molar-refractivity contribution < 1.29 is 24.1 Å². The van der Waals surface area contributed by atoms with Gasteiger partial charge in [0.2, 0.25) is 5.90 Å². The molecule has 0 aromatic heterocycles. The van der Waals surface area contributed by atoms with Gasteiger partial charge in [-0.25, -0.2) is 4.99 Å². The van der Waals surface area contributed by atoms with Crippen molar-refractivity contribution in [2.24, 2.45) is 10.4 Å². The van der Waals surface area contributed by atoms with E-state index in [1.807, 2.05) is 72.8 Å². The number of aliphatic hydroxyl groups excluding tert-OH is 1. The molecule has 0 bridgehead atoms. The zero-order valence-corrected chi connectivity index (χ0v) is 25.7. The number of nitrogens with one attached hydrogen (secondary N) is 1. The molecule has 1 heterocycles. The van der Waals surface area contributed by atoms with E-state index in [9.17, 15) is 4.79 Å². The molecular weight excluding hydrogens is 584 g/mol. The Bertz CT molecular complexity index is 1350. The van der Waals surface area contributed by atoms with E-state index >= 15 is 0 Å². The van der Waals surface area contributed by atoms with E-state index in [1.165, 1.54) is 0 Å². The van der Waals surface area contributed by atoms with Crippen LogP contribution in [0.1, 0.15) is 56.4 Å². The SMILES string of the molecule is COc1cccc([C@H]2OC(c3ccc(OCCCO)cc3)=N[C@@]2(Cc2ccccc2Br)C(=O)NCCC(C)(C)C)c1. The summed E-state index contributed by atoms with van der Waals surface area (Å²) in [4.78, 5) is 19.4. The van der Waals surface area contributed by atoms with Crippen molar-refractivity contribution in [3.8, 4) is 11.5 Å². The van der Waals surface area contributed by atoms with Gasteiger partial charge in [-0.2, -0.15) is 0 Å². The van der Waals surface area contributed by atoms with Crippen LogP contribution in [0, 0.1) is 5.41 Å². The molecule has 7 nitrogen and oxygen atoms in total. The zero-order valence-electron chi connectivity index (χ0n) is 24.2. The Morgan fingerprint density at radius 1 is 1.07 bits per heavy atom. The van der Waals surface area contributed by atoms with Crippen LogP contribution in [-0.4, -0.2) is 49.3 Å². The predicted octanol–water partition coefficient (Wildman–Crippen LogP) is 6.27. The summed E-state index contributed by atoms with van der Waals surface area (Å²) >= 11 is 3.68. The van der Waals surface area contributed by atoms with Crippen LogP contribution in [-0.2, 0) is 16.0 Å². The second kappa shape index (κ2) is 13.5. The second-order valence-electron chi connectivity index (χ2n) is 11.4. The smallest absolute Gasteiger partial charge is 0.252 e. The fourth-order valence-electron chi connectivity index (χ4n) is 4.72. The topological polar surface area (TPSA) is 89.4 Å². The van der Waals surface area contributed by atoms with Crippen molar-refractivity contribution in [3.63, 3.8) is 0 Å². The first kappa shape index (κ1) is 30.6. The molecule has 0 unspecified atom stereocenters. The Kier molecular flexibility index (Phi) is 10.1. The summed E-state index contributed by atoms with van der Waals surface area (Å²) in [7, 11) is 1.62. The summed E-state index contributed by atoms with van der Waals surface area (Å²) in [5, 5.41) is 12.2. The van der Waals surface area contributed by atoms with Gasteiger partial charge in [0.25, 0.3) is 5.91 Å². The molecule has 0 aliphatic carbocycles. The lowest BCUT2D eigenvalue weighted by atomic mass is 9.81. The fourth-order valence-corrected chi connectivity index (χ4v) is 5.15. The van der Waals surface area contributed by atoms with Gasteiger partial charge >= 0.3 is 0 Å². The van der Waals surface area contributed by atoms with E-state index in [4.69, 9.17) is 24.3 Å². The number of halogens is 1. The Hall–Kier alpha value is -3.36. The number of amides is 1. The third kappa shape index (κ3) is 7.68. The Balaban J connectivity index is 1.78. The first-order chi connectivity index (χ1) is 19.6. The number of rotatable bonds is 12.